The maximum absolute atomic E-state index is 12.9. The van der Waals surface area contributed by atoms with Crippen LogP contribution in [0.4, 0.5) is 5.69 Å². The van der Waals surface area contributed by atoms with Crippen molar-refractivity contribution in [1.29, 1.82) is 0 Å². The van der Waals surface area contributed by atoms with E-state index in [0.717, 1.165) is 23.8 Å². The Bertz CT molecular complexity index is 1350. The normalized spacial score (nSPS) is 11.4. The fourth-order valence-corrected chi connectivity index (χ4v) is 3.68. The van der Waals surface area contributed by atoms with Crippen molar-refractivity contribution in [3.8, 4) is 11.1 Å². The number of hydrogen-bond donors (Lipinski definition) is 2. The molecule has 0 spiro atoms. The molecule has 3 aromatic carbocycles. The van der Waals surface area contributed by atoms with Crippen LogP contribution >= 0.6 is 0 Å². The lowest BCUT2D eigenvalue weighted by atomic mass is 9.97. The van der Waals surface area contributed by atoms with Crippen LogP contribution < -0.4 is 10.6 Å². The van der Waals surface area contributed by atoms with Crippen molar-refractivity contribution in [2.24, 2.45) is 0 Å². The first-order valence-electron chi connectivity index (χ1n) is 11.3. The van der Waals surface area contributed by atoms with E-state index in [1.54, 1.807) is 24.3 Å². The van der Waals surface area contributed by atoms with Gasteiger partial charge in [0.15, 0.2) is 0 Å². The predicted octanol–water partition coefficient (Wildman–Crippen LogP) is 4.19. The van der Waals surface area contributed by atoms with Gasteiger partial charge in [-0.1, -0.05) is 73.3 Å². The third kappa shape index (κ3) is 6.37. The maximum atomic E-state index is 12.9. The number of amides is 3. The fourth-order valence-electron chi connectivity index (χ4n) is 3.68. The van der Waals surface area contributed by atoms with E-state index >= 15 is 0 Å². The first kappa shape index (κ1) is 26.6. The lowest BCUT2D eigenvalue weighted by Crippen LogP contribution is -2.36. The summed E-state index contributed by atoms with van der Waals surface area (Å²) in [7, 11) is 1.16. The Kier molecular flexibility index (Phi) is 8.72. The third-order valence-electron chi connectivity index (χ3n) is 5.61. The van der Waals surface area contributed by atoms with Gasteiger partial charge in [-0.05, 0) is 41.8 Å². The second-order valence-corrected chi connectivity index (χ2v) is 8.09. The van der Waals surface area contributed by atoms with E-state index < -0.39 is 11.9 Å². The van der Waals surface area contributed by atoms with E-state index in [2.05, 4.69) is 47.6 Å². The van der Waals surface area contributed by atoms with Gasteiger partial charge in [0.05, 0.1) is 13.7 Å². The molecule has 4 rings (SSSR count). The van der Waals surface area contributed by atoms with Gasteiger partial charge >= 0.3 is 5.97 Å². The summed E-state index contributed by atoms with van der Waals surface area (Å²) < 4.78 is 4.49. The number of aryl methyl sites for hydroxylation is 1. The van der Waals surface area contributed by atoms with Crippen LogP contribution in [-0.2, 0) is 25.7 Å². The first-order valence-corrected chi connectivity index (χ1v) is 11.3. The molecular formula is C29H27N3O5. The highest BCUT2D eigenvalue weighted by Gasteiger charge is 2.33. The summed E-state index contributed by atoms with van der Waals surface area (Å²) in [6.07, 6.45) is 0.595. The van der Waals surface area contributed by atoms with Gasteiger partial charge in [0.1, 0.15) is 11.4 Å². The molecule has 1 aliphatic heterocycles. The zero-order valence-corrected chi connectivity index (χ0v) is 20.6. The van der Waals surface area contributed by atoms with Crippen molar-refractivity contribution in [2.75, 3.05) is 12.4 Å². The number of benzene rings is 3. The maximum Gasteiger partial charge on any atom is 0.353 e. The molecule has 0 aromatic heterocycles. The minimum atomic E-state index is -0.790. The number of methoxy groups -OCH3 is 1. The minimum Gasteiger partial charge on any atom is -0.464 e. The van der Waals surface area contributed by atoms with E-state index in [1.165, 1.54) is 10.5 Å². The molecule has 1 aliphatic rings. The summed E-state index contributed by atoms with van der Waals surface area (Å²) in [6.45, 7) is 9.36. The van der Waals surface area contributed by atoms with Crippen molar-refractivity contribution >= 4 is 29.9 Å². The SMILES string of the molecule is C=C(NC(=O)C(=C)N1Cc2c(cccc2-c2ccc(NC=O)cc2)C1=O)C(=O)OC.Cc1ccccc1. The molecule has 8 heteroatoms. The van der Waals surface area contributed by atoms with Crippen LogP contribution in [0.5, 0.6) is 0 Å². The Labute approximate surface area is 215 Å². The third-order valence-corrected chi connectivity index (χ3v) is 5.61. The lowest BCUT2D eigenvalue weighted by molar-refractivity contribution is -0.137. The molecule has 0 aliphatic carbocycles. The van der Waals surface area contributed by atoms with Crippen molar-refractivity contribution < 1.29 is 23.9 Å². The topological polar surface area (TPSA) is 105 Å². The van der Waals surface area contributed by atoms with Crippen LogP contribution in [0.3, 0.4) is 0 Å². The van der Waals surface area contributed by atoms with Gasteiger partial charge in [-0.15, -0.1) is 0 Å². The Hall–Kier alpha value is -4.98. The molecule has 188 valence electrons. The van der Waals surface area contributed by atoms with Gasteiger partial charge in [-0.3, -0.25) is 19.3 Å². The number of nitrogens with zero attached hydrogens (tertiary/aromatic N) is 1. The van der Waals surface area contributed by atoms with Crippen LogP contribution in [0.2, 0.25) is 0 Å². The molecule has 0 radical (unpaired) electrons. The van der Waals surface area contributed by atoms with E-state index in [1.807, 2.05) is 36.4 Å². The minimum absolute atomic E-state index is 0.113. The second kappa shape index (κ2) is 12.1. The number of fused-ring (bicyclic) bond motifs is 1. The number of carbonyl (C=O) groups is 4. The number of carbonyl (C=O) groups excluding carboxylic acids is 4. The molecule has 2 N–H and O–H groups in total. The van der Waals surface area contributed by atoms with Crippen molar-refractivity contribution in [3.05, 3.63) is 114 Å². The molecule has 37 heavy (non-hydrogen) atoms. The Morgan fingerprint density at radius 2 is 1.59 bits per heavy atom. The molecule has 8 nitrogen and oxygen atoms in total. The van der Waals surface area contributed by atoms with Crippen molar-refractivity contribution in [3.63, 3.8) is 0 Å². The number of esters is 1. The van der Waals surface area contributed by atoms with Gasteiger partial charge in [0.25, 0.3) is 11.8 Å². The van der Waals surface area contributed by atoms with E-state index in [0.29, 0.717) is 17.7 Å². The number of hydrogen-bond acceptors (Lipinski definition) is 5. The summed E-state index contributed by atoms with van der Waals surface area (Å²) in [6, 6.07) is 22.7. The summed E-state index contributed by atoms with van der Waals surface area (Å²) in [5.41, 5.74) is 4.50. The van der Waals surface area contributed by atoms with Gasteiger partial charge < -0.3 is 15.4 Å². The molecule has 0 fully saturated rings. The summed E-state index contributed by atoms with van der Waals surface area (Å²) in [4.78, 5) is 48.5. The highest BCUT2D eigenvalue weighted by Crippen LogP contribution is 2.34. The van der Waals surface area contributed by atoms with Crippen molar-refractivity contribution in [1.82, 2.24) is 10.2 Å². The predicted molar refractivity (Wildman–Crippen MR) is 141 cm³/mol. The molecule has 3 amide bonds. The van der Waals surface area contributed by atoms with Crippen molar-refractivity contribution in [2.45, 2.75) is 13.5 Å². The fraction of sp³-hybridized carbons (Fsp3) is 0.103. The van der Waals surface area contributed by atoms with Crippen LogP contribution in [0.25, 0.3) is 11.1 Å². The van der Waals surface area contributed by atoms with Crippen LogP contribution in [-0.4, -0.2) is 36.2 Å². The average Bonchev–Trinajstić information content (AvgIpc) is 3.25. The quantitative estimate of drug-likeness (QED) is 0.289. The number of nitrogens with one attached hydrogen (secondary N) is 2. The zero-order chi connectivity index (χ0) is 26.9. The molecule has 0 unspecified atom stereocenters. The molecule has 0 saturated carbocycles. The smallest absolute Gasteiger partial charge is 0.353 e. The number of ether oxygens (including phenoxy) is 1. The lowest BCUT2D eigenvalue weighted by Gasteiger charge is -2.18. The van der Waals surface area contributed by atoms with Crippen LogP contribution in [0.15, 0.2) is 97.3 Å². The van der Waals surface area contributed by atoms with E-state index in [9.17, 15) is 19.2 Å². The standard InChI is InChI=1S/C22H19N3O5.C7H8/c1-13(22(29)30-3)24-20(27)14(2)25-11-19-17(5-4-6-18(19)21(25)28)15-7-9-16(10-8-15)23-12-26;1-7-5-3-2-4-6-7/h4-10,12H,1-2,11H2,3H3,(H,23,26)(H,24,27);2-6H,1H3. The largest absolute Gasteiger partial charge is 0.464 e. The molecule has 0 atom stereocenters. The summed E-state index contributed by atoms with van der Waals surface area (Å²) in [5, 5.41) is 4.85. The highest BCUT2D eigenvalue weighted by atomic mass is 16.5. The molecule has 1 heterocycles. The molecular weight excluding hydrogens is 470 g/mol. The number of rotatable bonds is 7. The first-order chi connectivity index (χ1) is 17.8. The molecule has 0 saturated heterocycles. The Morgan fingerprint density at radius 3 is 2.16 bits per heavy atom. The van der Waals surface area contributed by atoms with Crippen LogP contribution in [0.1, 0.15) is 21.5 Å². The molecule has 3 aromatic rings. The highest BCUT2D eigenvalue weighted by molar-refractivity contribution is 6.07. The summed E-state index contributed by atoms with van der Waals surface area (Å²) >= 11 is 0. The molecule has 0 bridgehead atoms. The van der Waals surface area contributed by atoms with E-state index in [4.69, 9.17) is 0 Å². The second-order valence-electron chi connectivity index (χ2n) is 8.09. The van der Waals surface area contributed by atoms with E-state index in [-0.39, 0.29) is 23.8 Å². The van der Waals surface area contributed by atoms with Gasteiger partial charge in [-0.25, -0.2) is 4.79 Å². The summed E-state index contributed by atoms with van der Waals surface area (Å²) in [5.74, 6) is -1.88. The Balaban J connectivity index is 0.000000468. The van der Waals surface area contributed by atoms with Crippen LogP contribution in [0, 0.1) is 6.92 Å². The van der Waals surface area contributed by atoms with Gasteiger partial charge in [0.2, 0.25) is 6.41 Å². The number of anilines is 1. The zero-order valence-electron chi connectivity index (χ0n) is 20.6. The van der Waals surface area contributed by atoms with Gasteiger partial charge in [0, 0.05) is 11.3 Å². The Morgan fingerprint density at radius 1 is 0.946 bits per heavy atom. The van der Waals surface area contributed by atoms with Gasteiger partial charge in [-0.2, -0.15) is 0 Å². The monoisotopic (exact) mass is 497 g/mol. The average molecular weight is 498 g/mol.